The summed E-state index contributed by atoms with van der Waals surface area (Å²) in [5, 5.41) is 38.0. The van der Waals surface area contributed by atoms with Gasteiger partial charge in [-0.15, -0.1) is 0 Å². The van der Waals surface area contributed by atoms with Crippen molar-refractivity contribution in [1.82, 2.24) is 4.90 Å². The number of carbonyl (C=O) groups excluding carboxylic acids is 3. The molecule has 7 aliphatic rings. The second kappa shape index (κ2) is 10.5. The summed E-state index contributed by atoms with van der Waals surface area (Å²) in [7, 11) is 4.87. The van der Waals surface area contributed by atoms with E-state index in [4.69, 9.17) is 18.9 Å². The lowest BCUT2D eigenvalue weighted by Gasteiger charge is -2.70. The lowest BCUT2D eigenvalue weighted by Crippen LogP contribution is -2.82. The number of anilines is 1. The monoisotopic (exact) mass is 654 g/mol. The Bertz CT molecular complexity index is 1490. The minimum atomic E-state index is -1.77. The van der Waals surface area contributed by atoms with E-state index in [1.807, 2.05) is 6.92 Å². The molecule has 3 N–H and O–H groups in total. The fourth-order valence-electron chi connectivity index (χ4n) is 12.7. The maximum Gasteiger partial charge on any atom is 0.340 e. The number of carbonyl (C=O) groups is 3. The van der Waals surface area contributed by atoms with Crippen LogP contribution in [-0.4, -0.2) is 121 Å². The van der Waals surface area contributed by atoms with E-state index in [1.54, 1.807) is 45.6 Å². The number of hydrogen-bond acceptors (Lipinski definition) is 11. The van der Waals surface area contributed by atoms with E-state index >= 15 is 0 Å². The fourth-order valence-corrected chi connectivity index (χ4v) is 12.7. The number of imide groups is 1. The van der Waals surface area contributed by atoms with Crippen molar-refractivity contribution in [2.45, 2.75) is 87.1 Å². The Morgan fingerprint density at radius 2 is 1.77 bits per heavy atom. The van der Waals surface area contributed by atoms with Crippen LogP contribution in [0.3, 0.4) is 0 Å². The van der Waals surface area contributed by atoms with Crippen LogP contribution in [0, 0.1) is 34.5 Å². The molecule has 2 amide bonds. The average molecular weight is 655 g/mol. The summed E-state index contributed by atoms with van der Waals surface area (Å²) in [6.07, 6.45) is -0.158. The van der Waals surface area contributed by atoms with Gasteiger partial charge in [-0.25, -0.2) is 9.69 Å². The summed E-state index contributed by atoms with van der Waals surface area (Å²) in [5.74, 6) is -2.70. The number of aliphatic hydroxyl groups is 3. The van der Waals surface area contributed by atoms with Gasteiger partial charge in [0, 0.05) is 75.7 Å². The molecule has 5 saturated carbocycles. The number of rotatable bonds is 8. The Morgan fingerprint density at radius 3 is 2.43 bits per heavy atom. The normalized spacial score (nSPS) is 47.9. The van der Waals surface area contributed by atoms with Gasteiger partial charge in [-0.1, -0.05) is 19.1 Å². The summed E-state index contributed by atoms with van der Waals surface area (Å²) in [5.41, 5.74) is -4.51. The number of methoxy groups -OCH3 is 3. The van der Waals surface area contributed by atoms with Gasteiger partial charge in [0.1, 0.15) is 11.2 Å². The Morgan fingerprint density at radius 1 is 1.04 bits per heavy atom. The predicted molar refractivity (Wildman–Crippen MR) is 165 cm³/mol. The molecule has 13 atom stereocenters. The van der Waals surface area contributed by atoms with E-state index in [9.17, 15) is 29.7 Å². The third kappa shape index (κ3) is 3.60. The van der Waals surface area contributed by atoms with Gasteiger partial charge >= 0.3 is 5.97 Å². The highest BCUT2D eigenvalue weighted by atomic mass is 16.5. The zero-order chi connectivity index (χ0) is 33.3. The highest BCUT2D eigenvalue weighted by Crippen LogP contribution is 2.80. The number of likely N-dealkylation sites (tertiary alicyclic amines) is 1. The molecule has 8 rings (SSSR count). The topological polar surface area (TPSA) is 155 Å². The first-order chi connectivity index (χ1) is 22.5. The number of likely N-dealkylation sites (N-methyl/N-ethyl adjacent to an activating group) is 1. The Labute approximate surface area is 274 Å². The molecule has 7 bridgehead atoms. The van der Waals surface area contributed by atoms with Crippen molar-refractivity contribution in [3.05, 3.63) is 29.8 Å². The molecule has 13 unspecified atom stereocenters. The van der Waals surface area contributed by atoms with Crippen LogP contribution in [0.2, 0.25) is 0 Å². The lowest BCUT2D eigenvalue weighted by atomic mass is 9.42. The van der Waals surface area contributed by atoms with Crippen molar-refractivity contribution in [1.29, 1.82) is 0 Å². The molecule has 256 valence electrons. The molecule has 12 nitrogen and oxygen atoms in total. The van der Waals surface area contributed by atoms with Crippen molar-refractivity contribution in [3.8, 4) is 0 Å². The Balaban J connectivity index is 1.24. The van der Waals surface area contributed by atoms with Crippen LogP contribution in [0.1, 0.15) is 55.8 Å². The van der Waals surface area contributed by atoms with Gasteiger partial charge in [-0.05, 0) is 43.9 Å². The second-order valence-corrected chi connectivity index (χ2v) is 15.2. The summed E-state index contributed by atoms with van der Waals surface area (Å²) in [4.78, 5) is 42.5. The largest absolute Gasteiger partial charge is 0.461 e. The first-order valence-corrected chi connectivity index (χ1v) is 17.1. The minimum Gasteiger partial charge on any atom is -0.461 e. The van der Waals surface area contributed by atoms with Gasteiger partial charge in [0.05, 0.1) is 48.3 Å². The number of ether oxygens (including phenoxy) is 4. The summed E-state index contributed by atoms with van der Waals surface area (Å²) in [6.45, 7) is 3.12. The maximum absolute atomic E-state index is 13.9. The SMILES string of the molecule is CCN1CC2(COC(=O)c3ccccc3N3C(=O)CCC3=O)CCC(OC)C34C5CC6C(OC)CC(O)(C5C6O)C(O)(C(OC)C23)C14. The molecule has 1 aromatic rings. The number of para-hydroxylation sites is 1. The number of piperidine rings is 1. The van der Waals surface area contributed by atoms with E-state index in [0.29, 0.717) is 32.4 Å². The number of hydrogen-bond donors (Lipinski definition) is 3. The second-order valence-electron chi connectivity index (χ2n) is 15.2. The number of amides is 2. The number of fused-ring (bicyclic) bond motifs is 2. The van der Waals surface area contributed by atoms with Gasteiger partial charge in [-0.3, -0.25) is 14.5 Å². The molecule has 12 heteroatoms. The molecular weight excluding hydrogens is 608 g/mol. The van der Waals surface area contributed by atoms with Gasteiger partial charge in [0.25, 0.3) is 0 Å². The van der Waals surface area contributed by atoms with E-state index < -0.39 is 58.3 Å². The number of nitrogens with zero attached hydrogens (tertiary/aromatic N) is 2. The standard InChI is InChI=1S/C35H46N2O10/c1-5-36-16-32(17-47-30(41)18-8-6-7-9-21(18)37-24(38)10-11-25(37)39)13-12-23(45-3)34-20-14-19-22(44-2)15-33(42,26(20)27(19)40)35(43,31(34)36)29(46-4)28(32)34/h6-9,19-20,22-23,26-29,31,40,42-43H,5,10-17H2,1-4H3. The lowest BCUT2D eigenvalue weighted by molar-refractivity contribution is -0.318. The first-order valence-electron chi connectivity index (χ1n) is 17.1. The van der Waals surface area contributed by atoms with E-state index in [2.05, 4.69) is 4.90 Å². The highest BCUT2D eigenvalue weighted by molar-refractivity contribution is 6.21. The highest BCUT2D eigenvalue weighted by Gasteiger charge is 2.91. The van der Waals surface area contributed by atoms with Crippen LogP contribution in [0.15, 0.2) is 24.3 Å². The summed E-state index contributed by atoms with van der Waals surface area (Å²) < 4.78 is 24.8. The Kier molecular flexibility index (Phi) is 7.12. The third-order valence-corrected chi connectivity index (χ3v) is 14.0. The molecule has 0 aromatic heterocycles. The molecule has 2 saturated heterocycles. The minimum absolute atomic E-state index is 0.00651. The number of aliphatic hydroxyl groups excluding tert-OH is 1. The molecule has 5 aliphatic carbocycles. The Hall–Kier alpha value is -2.45. The quantitative estimate of drug-likeness (QED) is 0.273. The van der Waals surface area contributed by atoms with Crippen molar-refractivity contribution in [2.24, 2.45) is 34.5 Å². The molecular formula is C35H46N2O10. The van der Waals surface area contributed by atoms with Crippen LogP contribution < -0.4 is 4.90 Å². The zero-order valence-corrected chi connectivity index (χ0v) is 27.5. The smallest absolute Gasteiger partial charge is 0.340 e. The molecule has 2 aliphatic heterocycles. The number of esters is 1. The van der Waals surface area contributed by atoms with Crippen LogP contribution in [0.4, 0.5) is 5.69 Å². The van der Waals surface area contributed by atoms with Crippen molar-refractivity contribution >= 4 is 23.5 Å². The first kappa shape index (κ1) is 31.8. The van der Waals surface area contributed by atoms with Gasteiger partial charge in [0.15, 0.2) is 0 Å². The van der Waals surface area contributed by atoms with Crippen LogP contribution >= 0.6 is 0 Å². The van der Waals surface area contributed by atoms with E-state index in [1.165, 1.54) is 0 Å². The van der Waals surface area contributed by atoms with Gasteiger partial charge in [-0.2, -0.15) is 0 Å². The van der Waals surface area contributed by atoms with E-state index in [-0.39, 0.29) is 72.8 Å². The van der Waals surface area contributed by atoms with Gasteiger partial charge in [0.2, 0.25) is 11.8 Å². The third-order valence-electron chi connectivity index (χ3n) is 14.0. The van der Waals surface area contributed by atoms with Crippen LogP contribution in [0.25, 0.3) is 0 Å². The van der Waals surface area contributed by atoms with Crippen LogP contribution in [-0.2, 0) is 28.5 Å². The molecule has 2 heterocycles. The van der Waals surface area contributed by atoms with Crippen molar-refractivity contribution in [3.63, 3.8) is 0 Å². The van der Waals surface area contributed by atoms with Crippen molar-refractivity contribution in [2.75, 3.05) is 45.9 Å². The van der Waals surface area contributed by atoms with Gasteiger partial charge < -0.3 is 34.3 Å². The molecule has 7 fully saturated rings. The predicted octanol–water partition coefficient (Wildman–Crippen LogP) is 1.14. The molecule has 1 spiro atoms. The molecule has 47 heavy (non-hydrogen) atoms. The maximum atomic E-state index is 13.9. The van der Waals surface area contributed by atoms with Crippen LogP contribution in [0.5, 0.6) is 0 Å². The van der Waals surface area contributed by atoms with E-state index in [0.717, 1.165) is 4.90 Å². The number of benzene rings is 1. The average Bonchev–Trinajstić information content (AvgIpc) is 3.60. The molecule has 0 radical (unpaired) electrons. The zero-order valence-electron chi connectivity index (χ0n) is 27.5. The summed E-state index contributed by atoms with van der Waals surface area (Å²) in [6, 6.07) is 5.99. The summed E-state index contributed by atoms with van der Waals surface area (Å²) >= 11 is 0. The molecule has 1 aromatic carbocycles. The fraction of sp³-hybridized carbons (Fsp3) is 0.743. The van der Waals surface area contributed by atoms with Crippen molar-refractivity contribution < 1.29 is 48.7 Å².